The molecule has 1 aliphatic heterocycles. The van der Waals surface area contributed by atoms with Crippen LogP contribution < -0.4 is 9.47 Å². The van der Waals surface area contributed by atoms with Gasteiger partial charge in [0.25, 0.3) is 0 Å². The third-order valence-corrected chi connectivity index (χ3v) is 5.03. The summed E-state index contributed by atoms with van der Waals surface area (Å²) in [6, 6.07) is 16.3. The quantitative estimate of drug-likeness (QED) is 0.683. The van der Waals surface area contributed by atoms with Crippen molar-refractivity contribution in [2.75, 3.05) is 20.2 Å². The van der Waals surface area contributed by atoms with Crippen LogP contribution in [-0.4, -0.2) is 47.1 Å². The summed E-state index contributed by atoms with van der Waals surface area (Å²) in [5.74, 6) is 0.602. The van der Waals surface area contributed by atoms with E-state index in [-0.39, 0.29) is 18.0 Å². The maximum atomic E-state index is 12.9. The van der Waals surface area contributed by atoms with Crippen LogP contribution in [0.5, 0.6) is 11.9 Å². The van der Waals surface area contributed by atoms with Gasteiger partial charge in [-0.1, -0.05) is 42.5 Å². The SMILES string of the molecule is COc1nccc(OC2CCCN(C(=O)Cc3cccc4ccccc34)C2)n1. The molecule has 0 spiro atoms. The molecule has 1 aromatic heterocycles. The number of piperidine rings is 1. The van der Waals surface area contributed by atoms with Crippen molar-refractivity contribution >= 4 is 16.7 Å². The van der Waals surface area contributed by atoms with Gasteiger partial charge >= 0.3 is 6.01 Å². The molecule has 1 fully saturated rings. The zero-order chi connectivity index (χ0) is 19.3. The summed E-state index contributed by atoms with van der Waals surface area (Å²) in [4.78, 5) is 23.0. The molecule has 0 saturated carbocycles. The summed E-state index contributed by atoms with van der Waals surface area (Å²) >= 11 is 0. The van der Waals surface area contributed by atoms with Gasteiger partial charge in [0.1, 0.15) is 6.10 Å². The first-order valence-corrected chi connectivity index (χ1v) is 9.51. The van der Waals surface area contributed by atoms with E-state index in [1.165, 1.54) is 7.11 Å². The average Bonchev–Trinajstić information content (AvgIpc) is 2.74. The van der Waals surface area contributed by atoms with Gasteiger partial charge in [-0.3, -0.25) is 4.79 Å². The van der Waals surface area contributed by atoms with E-state index in [2.05, 4.69) is 28.2 Å². The van der Waals surface area contributed by atoms with Crippen LogP contribution in [0.2, 0.25) is 0 Å². The molecule has 2 heterocycles. The molecular formula is C22H23N3O3. The zero-order valence-electron chi connectivity index (χ0n) is 15.9. The summed E-state index contributed by atoms with van der Waals surface area (Å²) in [5, 5.41) is 2.29. The Bertz CT molecular complexity index is 971. The minimum atomic E-state index is -0.0789. The summed E-state index contributed by atoms with van der Waals surface area (Å²) in [6.45, 7) is 1.33. The highest BCUT2D eigenvalue weighted by Crippen LogP contribution is 2.22. The molecule has 4 rings (SSSR count). The number of carbonyl (C=O) groups excluding carboxylic acids is 1. The van der Waals surface area contributed by atoms with E-state index in [9.17, 15) is 4.79 Å². The van der Waals surface area contributed by atoms with Crippen LogP contribution in [0.15, 0.2) is 54.7 Å². The van der Waals surface area contributed by atoms with Crippen LogP contribution >= 0.6 is 0 Å². The smallest absolute Gasteiger partial charge is 0.319 e. The van der Waals surface area contributed by atoms with Gasteiger partial charge in [-0.2, -0.15) is 4.98 Å². The molecule has 28 heavy (non-hydrogen) atoms. The highest BCUT2D eigenvalue weighted by atomic mass is 16.5. The number of methoxy groups -OCH3 is 1. The van der Waals surface area contributed by atoms with Crippen molar-refractivity contribution in [3.8, 4) is 11.9 Å². The largest absolute Gasteiger partial charge is 0.472 e. The lowest BCUT2D eigenvalue weighted by molar-refractivity contribution is -0.133. The Kier molecular flexibility index (Phi) is 5.37. The van der Waals surface area contributed by atoms with Crippen LogP contribution in [0.4, 0.5) is 0 Å². The van der Waals surface area contributed by atoms with Crippen molar-refractivity contribution in [2.24, 2.45) is 0 Å². The van der Waals surface area contributed by atoms with Crippen molar-refractivity contribution in [3.63, 3.8) is 0 Å². The Balaban J connectivity index is 1.43. The number of fused-ring (bicyclic) bond motifs is 1. The third-order valence-electron chi connectivity index (χ3n) is 5.03. The van der Waals surface area contributed by atoms with Crippen molar-refractivity contribution in [2.45, 2.75) is 25.4 Å². The fourth-order valence-electron chi connectivity index (χ4n) is 3.64. The molecule has 1 unspecified atom stereocenters. The second kappa shape index (κ2) is 8.25. The fourth-order valence-corrected chi connectivity index (χ4v) is 3.64. The molecule has 2 aromatic carbocycles. The lowest BCUT2D eigenvalue weighted by Gasteiger charge is -2.32. The predicted octanol–water partition coefficient (Wildman–Crippen LogP) is 3.25. The normalized spacial score (nSPS) is 16.8. The molecule has 6 nitrogen and oxygen atoms in total. The second-order valence-electron chi connectivity index (χ2n) is 6.92. The number of ether oxygens (including phenoxy) is 2. The van der Waals surface area contributed by atoms with Crippen molar-refractivity contribution in [3.05, 3.63) is 60.3 Å². The lowest BCUT2D eigenvalue weighted by atomic mass is 10.0. The maximum Gasteiger partial charge on any atom is 0.319 e. The van der Waals surface area contributed by atoms with Gasteiger partial charge in [-0.25, -0.2) is 4.98 Å². The van der Waals surface area contributed by atoms with Gasteiger partial charge in [0.15, 0.2) is 0 Å². The molecular weight excluding hydrogens is 354 g/mol. The molecule has 1 aliphatic rings. The second-order valence-corrected chi connectivity index (χ2v) is 6.92. The Morgan fingerprint density at radius 3 is 2.93 bits per heavy atom. The first-order chi connectivity index (χ1) is 13.7. The molecule has 1 atom stereocenters. The number of rotatable bonds is 5. The summed E-state index contributed by atoms with van der Waals surface area (Å²) in [5.41, 5.74) is 1.06. The van der Waals surface area contributed by atoms with Crippen molar-refractivity contribution < 1.29 is 14.3 Å². The number of benzene rings is 2. The van der Waals surface area contributed by atoms with E-state index in [1.54, 1.807) is 12.3 Å². The number of nitrogens with zero attached hydrogens (tertiary/aromatic N) is 3. The third kappa shape index (κ3) is 4.06. The zero-order valence-corrected chi connectivity index (χ0v) is 15.9. The Hall–Kier alpha value is -3.15. The number of likely N-dealkylation sites (tertiary alicyclic amines) is 1. The molecule has 0 bridgehead atoms. The first-order valence-electron chi connectivity index (χ1n) is 9.51. The van der Waals surface area contributed by atoms with Gasteiger partial charge in [0, 0.05) is 18.8 Å². The number of amides is 1. The van der Waals surface area contributed by atoms with Crippen LogP contribution in [0.1, 0.15) is 18.4 Å². The number of hydrogen-bond donors (Lipinski definition) is 0. The van der Waals surface area contributed by atoms with Gasteiger partial charge in [-0.05, 0) is 29.2 Å². The number of aromatic nitrogens is 2. The summed E-state index contributed by atoms with van der Waals surface area (Å²) in [6.07, 6.45) is 3.73. The molecule has 144 valence electrons. The van der Waals surface area contributed by atoms with Crippen LogP contribution in [0, 0.1) is 0 Å². The number of hydrogen-bond acceptors (Lipinski definition) is 5. The average molecular weight is 377 g/mol. The van der Waals surface area contributed by atoms with Gasteiger partial charge < -0.3 is 14.4 Å². The number of carbonyl (C=O) groups is 1. The highest BCUT2D eigenvalue weighted by Gasteiger charge is 2.25. The van der Waals surface area contributed by atoms with Crippen LogP contribution in [0.3, 0.4) is 0 Å². The molecule has 0 radical (unpaired) electrons. The van der Waals surface area contributed by atoms with E-state index in [4.69, 9.17) is 9.47 Å². The Morgan fingerprint density at radius 2 is 2.04 bits per heavy atom. The topological polar surface area (TPSA) is 64.6 Å². The lowest BCUT2D eigenvalue weighted by Crippen LogP contribution is -2.45. The van der Waals surface area contributed by atoms with Crippen molar-refractivity contribution in [1.82, 2.24) is 14.9 Å². The van der Waals surface area contributed by atoms with Gasteiger partial charge in [-0.15, -0.1) is 0 Å². The van der Waals surface area contributed by atoms with E-state index in [0.717, 1.165) is 35.7 Å². The minimum Gasteiger partial charge on any atom is -0.472 e. The molecule has 3 aromatic rings. The van der Waals surface area contributed by atoms with Crippen molar-refractivity contribution in [1.29, 1.82) is 0 Å². The Morgan fingerprint density at radius 1 is 1.18 bits per heavy atom. The minimum absolute atomic E-state index is 0.0789. The van der Waals surface area contributed by atoms with E-state index >= 15 is 0 Å². The van der Waals surface area contributed by atoms with E-state index in [1.807, 2.05) is 29.2 Å². The first kappa shape index (κ1) is 18.2. The van der Waals surface area contributed by atoms with Gasteiger partial charge in [0.05, 0.1) is 20.1 Å². The van der Waals surface area contributed by atoms with E-state index < -0.39 is 0 Å². The monoisotopic (exact) mass is 377 g/mol. The summed E-state index contributed by atoms with van der Waals surface area (Å²) < 4.78 is 11.0. The van der Waals surface area contributed by atoms with E-state index in [0.29, 0.717) is 18.8 Å². The fraction of sp³-hybridized carbons (Fsp3) is 0.318. The van der Waals surface area contributed by atoms with Crippen LogP contribution in [-0.2, 0) is 11.2 Å². The molecule has 0 aliphatic carbocycles. The van der Waals surface area contributed by atoms with Crippen LogP contribution in [0.25, 0.3) is 10.8 Å². The molecule has 0 N–H and O–H groups in total. The highest BCUT2D eigenvalue weighted by molar-refractivity contribution is 5.90. The maximum absolute atomic E-state index is 12.9. The molecule has 6 heteroatoms. The standard InChI is InChI=1S/C22H23N3O3/c1-27-22-23-12-11-20(24-22)28-18-9-5-13-25(15-18)21(26)14-17-8-4-7-16-6-2-3-10-19(16)17/h2-4,6-8,10-12,18H,5,9,13-15H2,1H3. The van der Waals surface area contributed by atoms with Gasteiger partial charge in [0.2, 0.25) is 11.8 Å². The molecule has 1 saturated heterocycles. The predicted molar refractivity (Wildman–Crippen MR) is 106 cm³/mol. The molecule has 1 amide bonds. The Labute approximate surface area is 164 Å². The summed E-state index contributed by atoms with van der Waals surface area (Å²) in [7, 11) is 1.52.